The highest BCUT2D eigenvalue weighted by molar-refractivity contribution is 5.30. The van der Waals surface area contributed by atoms with Gasteiger partial charge in [-0.3, -0.25) is 0 Å². The van der Waals surface area contributed by atoms with Crippen LogP contribution in [-0.4, -0.2) is 20.2 Å². The second-order valence-electron chi connectivity index (χ2n) is 5.38. The molecule has 1 aliphatic rings. The van der Waals surface area contributed by atoms with E-state index in [0.717, 1.165) is 6.54 Å². The van der Waals surface area contributed by atoms with Crippen molar-refractivity contribution in [3.63, 3.8) is 0 Å². The fraction of sp³-hybridized carbons (Fsp3) is 0.600. The maximum atomic E-state index is 5.55. The Hall–Kier alpha value is -0.860. The Morgan fingerprint density at radius 3 is 2.82 bits per heavy atom. The molecule has 1 saturated heterocycles. The Morgan fingerprint density at radius 1 is 1.35 bits per heavy atom. The summed E-state index contributed by atoms with van der Waals surface area (Å²) in [6.45, 7) is 6.51. The lowest BCUT2D eigenvalue weighted by atomic mass is 9.88. The molecule has 1 aliphatic heterocycles. The zero-order chi connectivity index (χ0) is 12.3. The number of hydrogen-bond acceptors (Lipinski definition) is 2. The molecule has 0 radical (unpaired) electrons. The first-order valence-electron chi connectivity index (χ1n) is 6.50. The minimum Gasteiger partial charge on any atom is -0.374 e. The van der Waals surface area contributed by atoms with E-state index in [1.807, 2.05) is 0 Å². The van der Waals surface area contributed by atoms with Crippen molar-refractivity contribution >= 4 is 0 Å². The van der Waals surface area contributed by atoms with E-state index in [9.17, 15) is 0 Å². The van der Waals surface area contributed by atoms with Crippen LogP contribution in [0.1, 0.15) is 43.7 Å². The first-order chi connectivity index (χ1) is 8.13. The van der Waals surface area contributed by atoms with Crippen molar-refractivity contribution in [2.24, 2.45) is 0 Å². The molecule has 1 heterocycles. The summed E-state index contributed by atoms with van der Waals surface area (Å²) >= 11 is 0. The third-order valence-electron chi connectivity index (χ3n) is 3.86. The van der Waals surface area contributed by atoms with Crippen molar-refractivity contribution in [1.82, 2.24) is 5.32 Å². The molecule has 0 amide bonds. The Labute approximate surface area is 104 Å². The summed E-state index contributed by atoms with van der Waals surface area (Å²) in [5.74, 6) is 0.663. The van der Waals surface area contributed by atoms with Gasteiger partial charge in [0, 0.05) is 13.7 Å². The molecule has 0 saturated carbocycles. The van der Waals surface area contributed by atoms with E-state index in [1.165, 1.54) is 30.5 Å². The van der Waals surface area contributed by atoms with Crippen molar-refractivity contribution in [3.8, 4) is 0 Å². The van der Waals surface area contributed by atoms with E-state index in [0.29, 0.717) is 5.92 Å². The Bertz CT molecular complexity index is 367. The second kappa shape index (κ2) is 5.19. The molecular formula is C15H23NO. The zero-order valence-corrected chi connectivity index (χ0v) is 11.1. The van der Waals surface area contributed by atoms with Crippen LogP contribution < -0.4 is 5.32 Å². The fourth-order valence-corrected chi connectivity index (χ4v) is 2.42. The third-order valence-corrected chi connectivity index (χ3v) is 3.86. The summed E-state index contributed by atoms with van der Waals surface area (Å²) in [6, 6.07) is 8.86. The van der Waals surface area contributed by atoms with Gasteiger partial charge in [-0.05, 0) is 50.3 Å². The molecule has 94 valence electrons. The quantitative estimate of drug-likeness (QED) is 0.866. The summed E-state index contributed by atoms with van der Waals surface area (Å²) in [5.41, 5.74) is 2.51. The summed E-state index contributed by atoms with van der Waals surface area (Å²) in [7, 11) is 1.77. The minimum atomic E-state index is -0.196. The maximum Gasteiger partial charge on any atom is 0.0871 e. The highest BCUT2D eigenvalue weighted by Crippen LogP contribution is 2.29. The predicted octanol–water partition coefficient (Wildman–Crippen LogP) is 3.04. The standard InChI is InChI=1S/C15H23NO/c1-15(2,17-3)14-8-4-6-12(10-14)13-7-5-9-16-11-13/h4,6,8,10,13,16H,5,7,9,11H2,1-3H3. The smallest absolute Gasteiger partial charge is 0.0871 e. The number of rotatable bonds is 3. The van der Waals surface area contributed by atoms with Gasteiger partial charge in [0.25, 0.3) is 0 Å². The van der Waals surface area contributed by atoms with Crippen LogP contribution in [0.4, 0.5) is 0 Å². The van der Waals surface area contributed by atoms with Crippen LogP contribution in [0.2, 0.25) is 0 Å². The van der Waals surface area contributed by atoms with Gasteiger partial charge in [0.2, 0.25) is 0 Å². The molecule has 17 heavy (non-hydrogen) atoms. The molecule has 1 fully saturated rings. The van der Waals surface area contributed by atoms with Gasteiger partial charge in [-0.1, -0.05) is 24.3 Å². The van der Waals surface area contributed by atoms with Gasteiger partial charge < -0.3 is 10.1 Å². The molecule has 2 nitrogen and oxygen atoms in total. The van der Waals surface area contributed by atoms with E-state index in [-0.39, 0.29) is 5.60 Å². The van der Waals surface area contributed by atoms with Crippen LogP contribution in [0, 0.1) is 0 Å². The number of ether oxygens (including phenoxy) is 1. The Balaban J connectivity index is 2.21. The van der Waals surface area contributed by atoms with Gasteiger partial charge in [0.1, 0.15) is 0 Å². The normalized spacial score (nSPS) is 21.5. The topological polar surface area (TPSA) is 21.3 Å². The summed E-state index contributed by atoms with van der Waals surface area (Å²) < 4.78 is 5.55. The van der Waals surface area contributed by atoms with Gasteiger partial charge >= 0.3 is 0 Å². The first kappa shape index (κ1) is 12.6. The van der Waals surface area contributed by atoms with E-state index < -0.39 is 0 Å². The molecule has 1 atom stereocenters. The van der Waals surface area contributed by atoms with E-state index >= 15 is 0 Å². The third kappa shape index (κ3) is 2.88. The monoisotopic (exact) mass is 233 g/mol. The number of methoxy groups -OCH3 is 1. The number of hydrogen-bond donors (Lipinski definition) is 1. The summed E-state index contributed by atoms with van der Waals surface area (Å²) in [4.78, 5) is 0. The second-order valence-corrected chi connectivity index (χ2v) is 5.38. The molecule has 1 aromatic rings. The van der Waals surface area contributed by atoms with E-state index in [1.54, 1.807) is 7.11 Å². The lowest BCUT2D eigenvalue weighted by Crippen LogP contribution is -2.28. The molecule has 2 rings (SSSR count). The molecule has 1 unspecified atom stereocenters. The lowest BCUT2D eigenvalue weighted by molar-refractivity contribution is 0.0191. The average Bonchev–Trinajstić information content (AvgIpc) is 2.40. The zero-order valence-electron chi connectivity index (χ0n) is 11.1. The van der Waals surface area contributed by atoms with Crippen LogP contribution >= 0.6 is 0 Å². The van der Waals surface area contributed by atoms with Gasteiger partial charge in [0.15, 0.2) is 0 Å². The Kier molecular flexibility index (Phi) is 3.85. The molecule has 0 aliphatic carbocycles. The van der Waals surface area contributed by atoms with E-state index in [4.69, 9.17) is 4.74 Å². The van der Waals surface area contributed by atoms with E-state index in [2.05, 4.69) is 43.4 Å². The highest BCUT2D eigenvalue weighted by atomic mass is 16.5. The van der Waals surface area contributed by atoms with Gasteiger partial charge in [-0.25, -0.2) is 0 Å². The van der Waals surface area contributed by atoms with Gasteiger partial charge in [-0.2, -0.15) is 0 Å². The largest absolute Gasteiger partial charge is 0.374 e. The predicted molar refractivity (Wildman–Crippen MR) is 71.3 cm³/mol. The molecule has 2 heteroatoms. The van der Waals surface area contributed by atoms with Crippen molar-refractivity contribution in [2.75, 3.05) is 20.2 Å². The lowest BCUT2D eigenvalue weighted by Gasteiger charge is -2.27. The van der Waals surface area contributed by atoms with Crippen LogP contribution in [0.3, 0.4) is 0 Å². The summed E-state index contributed by atoms with van der Waals surface area (Å²) in [6.07, 6.45) is 2.58. The maximum absolute atomic E-state index is 5.55. The van der Waals surface area contributed by atoms with Gasteiger partial charge in [-0.15, -0.1) is 0 Å². The number of piperidine rings is 1. The van der Waals surface area contributed by atoms with Crippen LogP contribution in [0.5, 0.6) is 0 Å². The molecule has 1 N–H and O–H groups in total. The molecule has 1 aromatic carbocycles. The van der Waals surface area contributed by atoms with Crippen LogP contribution in [-0.2, 0) is 10.3 Å². The number of nitrogens with one attached hydrogen (secondary N) is 1. The van der Waals surface area contributed by atoms with Crippen LogP contribution in [0.25, 0.3) is 0 Å². The fourth-order valence-electron chi connectivity index (χ4n) is 2.42. The Morgan fingerprint density at radius 2 is 2.18 bits per heavy atom. The van der Waals surface area contributed by atoms with Crippen molar-refractivity contribution in [1.29, 1.82) is 0 Å². The van der Waals surface area contributed by atoms with Crippen LogP contribution in [0.15, 0.2) is 24.3 Å². The molecule has 0 aromatic heterocycles. The van der Waals surface area contributed by atoms with Crippen molar-refractivity contribution in [2.45, 2.75) is 38.2 Å². The molecule has 0 bridgehead atoms. The molecule has 0 spiro atoms. The molecular weight excluding hydrogens is 210 g/mol. The van der Waals surface area contributed by atoms with Crippen molar-refractivity contribution in [3.05, 3.63) is 35.4 Å². The SMILES string of the molecule is COC(C)(C)c1cccc(C2CCCNC2)c1. The minimum absolute atomic E-state index is 0.196. The first-order valence-corrected chi connectivity index (χ1v) is 6.50. The number of benzene rings is 1. The highest BCUT2D eigenvalue weighted by Gasteiger charge is 2.21. The van der Waals surface area contributed by atoms with Crippen molar-refractivity contribution < 1.29 is 4.74 Å². The average molecular weight is 233 g/mol. The summed E-state index contributed by atoms with van der Waals surface area (Å²) in [5, 5.41) is 3.47. The van der Waals surface area contributed by atoms with Gasteiger partial charge in [0.05, 0.1) is 5.60 Å².